The first kappa shape index (κ1) is 15.3. The van der Waals surface area contributed by atoms with Gasteiger partial charge >= 0.3 is 5.97 Å². The smallest absolute Gasteiger partial charge is 0.304 e. The largest absolute Gasteiger partial charge is 0.481 e. The van der Waals surface area contributed by atoms with Crippen LogP contribution in [0.3, 0.4) is 0 Å². The Bertz CT molecular complexity index is 438. The Hall–Kier alpha value is -1.07. The molecule has 0 saturated carbocycles. The van der Waals surface area contributed by atoms with Crippen molar-refractivity contribution >= 4 is 17.7 Å². The molecule has 0 amide bonds. The number of benzene rings is 1. The highest BCUT2D eigenvalue weighted by atomic mass is 32.2. The normalized spacial score (nSPS) is 19.9. The molecule has 1 aromatic rings. The number of carbonyl (C=O) groups is 1. The van der Waals surface area contributed by atoms with E-state index in [1.807, 2.05) is 0 Å². The lowest BCUT2D eigenvalue weighted by atomic mass is 9.99. The second kappa shape index (κ2) is 7.64. The summed E-state index contributed by atoms with van der Waals surface area (Å²) in [7, 11) is 0. The van der Waals surface area contributed by atoms with Crippen molar-refractivity contribution < 1.29 is 14.3 Å². The molecular weight excluding hydrogens is 277 g/mol. The first-order chi connectivity index (χ1) is 9.65. The monoisotopic (exact) mass is 297 g/mol. The molecule has 1 fully saturated rings. The lowest BCUT2D eigenvalue weighted by molar-refractivity contribution is -0.138. The van der Waals surface area contributed by atoms with Gasteiger partial charge < -0.3 is 5.11 Å². The van der Waals surface area contributed by atoms with Crippen molar-refractivity contribution in [2.75, 3.05) is 18.8 Å². The number of halogens is 1. The van der Waals surface area contributed by atoms with E-state index in [0.717, 1.165) is 43.0 Å². The summed E-state index contributed by atoms with van der Waals surface area (Å²) in [5.74, 6) is -0.0260. The van der Waals surface area contributed by atoms with Crippen LogP contribution in [-0.4, -0.2) is 40.9 Å². The molecule has 0 spiro atoms. The minimum atomic E-state index is -0.715. The number of hydrogen-bond donors (Lipinski definition) is 1. The minimum Gasteiger partial charge on any atom is -0.481 e. The summed E-state index contributed by atoms with van der Waals surface area (Å²) in [5.41, 5.74) is 0. The van der Waals surface area contributed by atoms with Gasteiger partial charge in [0.2, 0.25) is 0 Å². The highest BCUT2D eigenvalue weighted by molar-refractivity contribution is 7.99. The van der Waals surface area contributed by atoms with Crippen LogP contribution >= 0.6 is 11.8 Å². The maximum atomic E-state index is 12.8. The summed E-state index contributed by atoms with van der Waals surface area (Å²) in [5, 5.41) is 8.95. The average molecular weight is 297 g/mol. The predicted molar refractivity (Wildman–Crippen MR) is 78.6 cm³/mol. The fraction of sp³-hybridized carbons (Fsp3) is 0.533. The highest BCUT2D eigenvalue weighted by Gasteiger charge is 2.23. The standard InChI is InChI=1S/C15H20FNO2S/c16-12-4-6-14(7-5-12)20-10-9-17-8-2-1-3-13(17)11-15(18)19/h4-7,13H,1-3,8-11H2,(H,18,19). The van der Waals surface area contributed by atoms with Crippen LogP contribution in [-0.2, 0) is 4.79 Å². The molecule has 3 nitrogen and oxygen atoms in total. The molecule has 1 atom stereocenters. The van der Waals surface area contributed by atoms with E-state index in [2.05, 4.69) is 4.90 Å². The molecular formula is C15H20FNO2S. The minimum absolute atomic E-state index is 0.176. The van der Waals surface area contributed by atoms with Gasteiger partial charge in [-0.15, -0.1) is 11.8 Å². The number of thioether (sulfide) groups is 1. The molecule has 1 aromatic carbocycles. The molecule has 5 heteroatoms. The zero-order valence-corrected chi connectivity index (χ0v) is 12.2. The van der Waals surface area contributed by atoms with E-state index in [1.54, 1.807) is 23.9 Å². The third-order valence-electron chi connectivity index (χ3n) is 3.62. The quantitative estimate of drug-likeness (QED) is 0.818. The van der Waals surface area contributed by atoms with Gasteiger partial charge in [-0.25, -0.2) is 4.39 Å². The number of rotatable bonds is 6. The molecule has 2 rings (SSSR count). The first-order valence-electron chi connectivity index (χ1n) is 6.99. The van der Waals surface area contributed by atoms with Gasteiger partial charge in [0, 0.05) is 23.2 Å². The number of likely N-dealkylation sites (tertiary alicyclic amines) is 1. The van der Waals surface area contributed by atoms with E-state index < -0.39 is 5.97 Å². The third-order valence-corrected chi connectivity index (χ3v) is 4.61. The Labute approximate surface area is 123 Å². The number of aliphatic carboxylic acids is 1. The molecule has 0 bridgehead atoms. The van der Waals surface area contributed by atoms with Crippen LogP contribution in [0.2, 0.25) is 0 Å². The predicted octanol–water partition coefficient (Wildman–Crippen LogP) is 3.25. The summed E-state index contributed by atoms with van der Waals surface area (Å²) in [6.45, 7) is 1.88. The molecule has 1 aliphatic rings. The number of hydrogen-bond acceptors (Lipinski definition) is 3. The van der Waals surface area contributed by atoms with Gasteiger partial charge in [0.15, 0.2) is 0 Å². The number of carboxylic acids is 1. The number of piperidine rings is 1. The van der Waals surface area contributed by atoms with Crippen LogP contribution in [0.4, 0.5) is 4.39 Å². The number of nitrogens with zero attached hydrogens (tertiary/aromatic N) is 1. The van der Waals surface area contributed by atoms with Crippen molar-refractivity contribution in [1.82, 2.24) is 4.90 Å². The zero-order valence-electron chi connectivity index (χ0n) is 11.4. The van der Waals surface area contributed by atoms with E-state index >= 15 is 0 Å². The zero-order chi connectivity index (χ0) is 14.4. The molecule has 0 radical (unpaired) electrons. The van der Waals surface area contributed by atoms with Crippen molar-refractivity contribution in [3.63, 3.8) is 0 Å². The summed E-state index contributed by atoms with van der Waals surface area (Å²) in [4.78, 5) is 14.2. The van der Waals surface area contributed by atoms with Gasteiger partial charge in [-0.3, -0.25) is 9.69 Å². The molecule has 1 aliphatic heterocycles. The Balaban J connectivity index is 1.79. The molecule has 1 saturated heterocycles. The van der Waals surface area contributed by atoms with Crippen LogP contribution < -0.4 is 0 Å². The lowest BCUT2D eigenvalue weighted by Gasteiger charge is -2.34. The summed E-state index contributed by atoms with van der Waals surface area (Å²) in [6.07, 6.45) is 3.49. The highest BCUT2D eigenvalue weighted by Crippen LogP contribution is 2.22. The van der Waals surface area contributed by atoms with E-state index in [0.29, 0.717) is 0 Å². The van der Waals surface area contributed by atoms with Crippen LogP contribution in [0.1, 0.15) is 25.7 Å². The van der Waals surface area contributed by atoms with E-state index in [9.17, 15) is 9.18 Å². The van der Waals surface area contributed by atoms with Crippen LogP contribution in [0.25, 0.3) is 0 Å². The van der Waals surface area contributed by atoms with Gasteiger partial charge in [0.1, 0.15) is 5.82 Å². The van der Waals surface area contributed by atoms with Gasteiger partial charge in [0.25, 0.3) is 0 Å². The van der Waals surface area contributed by atoms with Gasteiger partial charge in [-0.1, -0.05) is 6.42 Å². The Morgan fingerprint density at radius 2 is 2.10 bits per heavy atom. The van der Waals surface area contributed by atoms with Gasteiger partial charge in [0.05, 0.1) is 6.42 Å². The maximum absolute atomic E-state index is 12.8. The fourth-order valence-corrected chi connectivity index (χ4v) is 3.49. The molecule has 0 aliphatic carbocycles. The fourth-order valence-electron chi connectivity index (χ4n) is 2.60. The van der Waals surface area contributed by atoms with Gasteiger partial charge in [-0.05, 0) is 43.7 Å². The van der Waals surface area contributed by atoms with E-state index in [1.165, 1.54) is 12.1 Å². The molecule has 1 unspecified atom stereocenters. The van der Waals surface area contributed by atoms with Crippen molar-refractivity contribution in [2.45, 2.75) is 36.6 Å². The van der Waals surface area contributed by atoms with Crippen molar-refractivity contribution in [2.24, 2.45) is 0 Å². The first-order valence-corrected chi connectivity index (χ1v) is 7.98. The lowest BCUT2D eigenvalue weighted by Crippen LogP contribution is -2.42. The molecule has 20 heavy (non-hydrogen) atoms. The average Bonchev–Trinajstić information content (AvgIpc) is 2.42. The SMILES string of the molecule is O=C(O)CC1CCCCN1CCSc1ccc(F)cc1. The molecule has 1 N–H and O–H groups in total. The molecule has 0 aromatic heterocycles. The van der Waals surface area contributed by atoms with Crippen LogP contribution in [0.5, 0.6) is 0 Å². The summed E-state index contributed by atoms with van der Waals surface area (Å²) < 4.78 is 12.8. The Morgan fingerprint density at radius 3 is 2.80 bits per heavy atom. The van der Waals surface area contributed by atoms with Crippen LogP contribution in [0, 0.1) is 5.82 Å². The van der Waals surface area contributed by atoms with E-state index in [4.69, 9.17) is 5.11 Å². The maximum Gasteiger partial charge on any atom is 0.304 e. The van der Waals surface area contributed by atoms with Crippen molar-refractivity contribution in [3.8, 4) is 0 Å². The van der Waals surface area contributed by atoms with Crippen molar-refractivity contribution in [1.29, 1.82) is 0 Å². The third kappa shape index (κ3) is 4.80. The molecule has 110 valence electrons. The van der Waals surface area contributed by atoms with Gasteiger partial charge in [-0.2, -0.15) is 0 Å². The molecule has 1 heterocycles. The summed E-state index contributed by atoms with van der Waals surface area (Å²) in [6, 6.07) is 6.68. The Kier molecular flexibility index (Phi) is 5.86. The topological polar surface area (TPSA) is 40.5 Å². The summed E-state index contributed by atoms with van der Waals surface area (Å²) >= 11 is 1.69. The second-order valence-corrected chi connectivity index (χ2v) is 6.25. The number of carboxylic acid groups (broad SMARTS) is 1. The van der Waals surface area contributed by atoms with E-state index in [-0.39, 0.29) is 18.3 Å². The van der Waals surface area contributed by atoms with Crippen molar-refractivity contribution in [3.05, 3.63) is 30.1 Å². The second-order valence-electron chi connectivity index (χ2n) is 5.09. The van der Waals surface area contributed by atoms with Crippen LogP contribution in [0.15, 0.2) is 29.2 Å². The Morgan fingerprint density at radius 1 is 1.35 bits per heavy atom.